The molecule has 0 aliphatic rings. The van der Waals surface area contributed by atoms with Crippen LogP contribution >= 0.6 is 0 Å². The number of nitrogens with one attached hydrogen (secondary N) is 1. The zero-order chi connectivity index (χ0) is 15.1. The third kappa shape index (κ3) is 4.49. The maximum atomic E-state index is 11.9. The standard InChI is InChI=1S/C16H18N2O3/c1-12(21-15-5-3-14(20-2)4-6-15)11-18-16(19)13-7-9-17-10-8-13/h3-10,12H,11H2,1-2H3,(H,18,19). The Bertz CT molecular complexity index is 570. The minimum Gasteiger partial charge on any atom is -0.497 e. The molecule has 0 aliphatic heterocycles. The van der Waals surface area contributed by atoms with Gasteiger partial charge in [0.2, 0.25) is 0 Å². The molecule has 5 heteroatoms. The number of nitrogens with zero attached hydrogens (tertiary/aromatic N) is 1. The molecule has 0 spiro atoms. The molecular weight excluding hydrogens is 268 g/mol. The van der Waals surface area contributed by atoms with E-state index < -0.39 is 0 Å². The number of amides is 1. The molecule has 0 bridgehead atoms. The molecule has 21 heavy (non-hydrogen) atoms. The fraction of sp³-hybridized carbons (Fsp3) is 0.250. The van der Waals surface area contributed by atoms with Crippen molar-refractivity contribution >= 4 is 5.91 Å². The zero-order valence-electron chi connectivity index (χ0n) is 12.1. The number of methoxy groups -OCH3 is 1. The van der Waals surface area contributed by atoms with Crippen LogP contribution in [-0.2, 0) is 0 Å². The van der Waals surface area contributed by atoms with Crippen LogP contribution in [0.25, 0.3) is 0 Å². The predicted octanol–water partition coefficient (Wildman–Crippen LogP) is 2.29. The molecule has 1 N–H and O–H groups in total. The molecule has 1 atom stereocenters. The smallest absolute Gasteiger partial charge is 0.251 e. The lowest BCUT2D eigenvalue weighted by Gasteiger charge is -2.15. The van der Waals surface area contributed by atoms with Crippen LogP contribution in [0.1, 0.15) is 17.3 Å². The number of pyridine rings is 1. The minimum absolute atomic E-state index is 0.135. The molecule has 0 saturated heterocycles. The second-order valence-corrected chi connectivity index (χ2v) is 4.55. The van der Waals surface area contributed by atoms with Gasteiger partial charge in [-0.05, 0) is 43.3 Å². The fourth-order valence-electron chi connectivity index (χ4n) is 1.77. The number of carbonyl (C=O) groups excluding carboxylic acids is 1. The van der Waals surface area contributed by atoms with E-state index in [1.54, 1.807) is 31.6 Å². The monoisotopic (exact) mass is 286 g/mol. The summed E-state index contributed by atoms with van der Waals surface area (Å²) in [5, 5.41) is 2.83. The van der Waals surface area contributed by atoms with Crippen molar-refractivity contribution in [3.63, 3.8) is 0 Å². The van der Waals surface area contributed by atoms with Crippen LogP contribution in [-0.4, -0.2) is 30.6 Å². The van der Waals surface area contributed by atoms with E-state index in [4.69, 9.17) is 9.47 Å². The van der Waals surface area contributed by atoms with Crippen molar-refractivity contribution in [2.24, 2.45) is 0 Å². The number of carbonyl (C=O) groups is 1. The minimum atomic E-state index is -0.136. The molecule has 0 aliphatic carbocycles. The van der Waals surface area contributed by atoms with Gasteiger partial charge in [0.25, 0.3) is 5.91 Å². The van der Waals surface area contributed by atoms with Crippen LogP contribution in [0.2, 0.25) is 0 Å². The van der Waals surface area contributed by atoms with Gasteiger partial charge in [-0.15, -0.1) is 0 Å². The van der Waals surface area contributed by atoms with Crippen LogP contribution < -0.4 is 14.8 Å². The van der Waals surface area contributed by atoms with Crippen molar-refractivity contribution in [2.45, 2.75) is 13.0 Å². The van der Waals surface area contributed by atoms with Gasteiger partial charge in [0.05, 0.1) is 13.7 Å². The van der Waals surface area contributed by atoms with Gasteiger partial charge in [0, 0.05) is 18.0 Å². The summed E-state index contributed by atoms with van der Waals surface area (Å²) in [7, 11) is 1.62. The van der Waals surface area contributed by atoms with Gasteiger partial charge in [-0.3, -0.25) is 9.78 Å². The van der Waals surface area contributed by atoms with Crippen molar-refractivity contribution in [1.29, 1.82) is 0 Å². The third-order valence-electron chi connectivity index (χ3n) is 2.89. The lowest BCUT2D eigenvalue weighted by Crippen LogP contribution is -2.33. The maximum absolute atomic E-state index is 11.9. The molecule has 1 heterocycles. The lowest BCUT2D eigenvalue weighted by atomic mass is 10.2. The fourth-order valence-corrected chi connectivity index (χ4v) is 1.77. The summed E-state index contributed by atoms with van der Waals surface area (Å²) in [5.74, 6) is 1.38. The van der Waals surface area contributed by atoms with Gasteiger partial charge in [0.1, 0.15) is 17.6 Å². The van der Waals surface area contributed by atoms with Gasteiger partial charge >= 0.3 is 0 Å². The molecule has 5 nitrogen and oxygen atoms in total. The lowest BCUT2D eigenvalue weighted by molar-refractivity contribution is 0.0932. The van der Waals surface area contributed by atoms with E-state index in [9.17, 15) is 4.79 Å². The zero-order valence-corrected chi connectivity index (χ0v) is 12.1. The van der Waals surface area contributed by atoms with Gasteiger partial charge < -0.3 is 14.8 Å². The SMILES string of the molecule is COc1ccc(OC(C)CNC(=O)c2ccncc2)cc1. The summed E-state index contributed by atoms with van der Waals surface area (Å²) in [6.45, 7) is 2.32. The molecule has 0 saturated carbocycles. The highest BCUT2D eigenvalue weighted by Crippen LogP contribution is 2.17. The van der Waals surface area contributed by atoms with Gasteiger partial charge in [0.15, 0.2) is 0 Å². The van der Waals surface area contributed by atoms with Crippen LogP contribution in [0.5, 0.6) is 11.5 Å². The Labute approximate surface area is 123 Å². The second-order valence-electron chi connectivity index (χ2n) is 4.55. The quantitative estimate of drug-likeness (QED) is 0.885. The molecule has 1 aromatic heterocycles. The van der Waals surface area contributed by atoms with Crippen molar-refractivity contribution in [3.05, 3.63) is 54.4 Å². The van der Waals surface area contributed by atoms with E-state index in [1.165, 1.54) is 0 Å². The van der Waals surface area contributed by atoms with E-state index in [2.05, 4.69) is 10.3 Å². The Balaban J connectivity index is 1.81. The first-order valence-corrected chi connectivity index (χ1v) is 6.68. The molecule has 1 unspecified atom stereocenters. The summed E-state index contributed by atoms with van der Waals surface area (Å²) in [4.78, 5) is 15.8. The molecule has 110 valence electrons. The molecule has 0 fully saturated rings. The third-order valence-corrected chi connectivity index (χ3v) is 2.89. The molecule has 0 radical (unpaired) electrons. The topological polar surface area (TPSA) is 60.5 Å². The normalized spacial score (nSPS) is 11.5. The second kappa shape index (κ2) is 7.28. The average molecular weight is 286 g/mol. The molecule has 2 aromatic rings. The summed E-state index contributed by atoms with van der Waals surface area (Å²) < 4.78 is 10.8. The van der Waals surface area contributed by atoms with Gasteiger partial charge in [-0.25, -0.2) is 0 Å². The predicted molar refractivity (Wildman–Crippen MR) is 79.7 cm³/mol. The number of hydrogen-bond acceptors (Lipinski definition) is 4. The number of ether oxygens (including phenoxy) is 2. The summed E-state index contributed by atoms with van der Waals surface area (Å²) >= 11 is 0. The van der Waals surface area contributed by atoms with E-state index in [0.29, 0.717) is 12.1 Å². The number of rotatable bonds is 6. The van der Waals surface area contributed by atoms with Gasteiger partial charge in [-0.1, -0.05) is 0 Å². The van der Waals surface area contributed by atoms with Crippen LogP contribution in [0, 0.1) is 0 Å². The Hall–Kier alpha value is -2.56. The van der Waals surface area contributed by atoms with Crippen molar-refractivity contribution in [1.82, 2.24) is 10.3 Å². The number of benzene rings is 1. The number of hydrogen-bond donors (Lipinski definition) is 1. The van der Waals surface area contributed by atoms with Crippen LogP contribution in [0.15, 0.2) is 48.8 Å². The van der Waals surface area contributed by atoms with Crippen molar-refractivity contribution in [2.75, 3.05) is 13.7 Å². The van der Waals surface area contributed by atoms with Crippen molar-refractivity contribution in [3.8, 4) is 11.5 Å². The number of aromatic nitrogens is 1. The van der Waals surface area contributed by atoms with E-state index in [1.807, 2.05) is 31.2 Å². The highest BCUT2D eigenvalue weighted by Gasteiger charge is 2.08. The maximum Gasteiger partial charge on any atom is 0.251 e. The molecule has 2 rings (SSSR count). The Morgan fingerprint density at radius 2 is 1.76 bits per heavy atom. The average Bonchev–Trinajstić information content (AvgIpc) is 2.54. The Morgan fingerprint density at radius 1 is 1.14 bits per heavy atom. The largest absolute Gasteiger partial charge is 0.497 e. The Kier molecular flexibility index (Phi) is 5.15. The highest BCUT2D eigenvalue weighted by atomic mass is 16.5. The first-order valence-electron chi connectivity index (χ1n) is 6.68. The van der Waals surface area contributed by atoms with Gasteiger partial charge in [-0.2, -0.15) is 0 Å². The van der Waals surface area contributed by atoms with E-state index >= 15 is 0 Å². The first-order chi connectivity index (χ1) is 10.2. The van der Waals surface area contributed by atoms with E-state index in [-0.39, 0.29) is 12.0 Å². The molecule has 1 amide bonds. The Morgan fingerprint density at radius 3 is 2.38 bits per heavy atom. The highest BCUT2D eigenvalue weighted by molar-refractivity contribution is 5.93. The summed E-state index contributed by atoms with van der Waals surface area (Å²) in [5.41, 5.74) is 0.585. The van der Waals surface area contributed by atoms with Crippen LogP contribution in [0.3, 0.4) is 0 Å². The summed E-state index contributed by atoms with van der Waals surface area (Å²) in [6, 6.07) is 10.7. The first kappa shape index (κ1) is 14.8. The summed E-state index contributed by atoms with van der Waals surface area (Å²) in [6.07, 6.45) is 3.04. The molecule has 1 aromatic carbocycles. The van der Waals surface area contributed by atoms with E-state index in [0.717, 1.165) is 11.5 Å². The molecular formula is C16H18N2O3. The van der Waals surface area contributed by atoms with Crippen LogP contribution in [0.4, 0.5) is 0 Å². The van der Waals surface area contributed by atoms with Crippen molar-refractivity contribution < 1.29 is 14.3 Å².